The maximum atomic E-state index is 12.7. The summed E-state index contributed by atoms with van der Waals surface area (Å²) in [5, 5.41) is 5.86. The van der Waals surface area contributed by atoms with Crippen molar-refractivity contribution in [3.05, 3.63) is 45.3 Å². The second-order valence-corrected chi connectivity index (χ2v) is 6.95. The molecule has 0 aliphatic carbocycles. The molecular formula is C19H22N2O4S. The lowest BCUT2D eigenvalue weighted by Crippen LogP contribution is -2.14. The third-order valence-electron chi connectivity index (χ3n) is 3.95. The Morgan fingerprint density at radius 1 is 1.12 bits per heavy atom. The lowest BCUT2D eigenvalue weighted by molar-refractivity contribution is -0.115. The molecule has 2 N–H and O–H groups in total. The molecule has 0 saturated heterocycles. The van der Waals surface area contributed by atoms with Gasteiger partial charge < -0.3 is 15.4 Å². The van der Waals surface area contributed by atoms with Crippen LogP contribution in [-0.4, -0.2) is 24.9 Å². The number of aryl methyl sites for hydroxylation is 2. The van der Waals surface area contributed by atoms with Crippen LogP contribution in [0.1, 0.15) is 50.1 Å². The predicted octanol–water partition coefficient (Wildman–Crippen LogP) is 4.06. The molecule has 2 rings (SSSR count). The molecule has 0 radical (unpaired) electrons. The summed E-state index contributed by atoms with van der Waals surface area (Å²) in [4.78, 5) is 37.0. The molecule has 2 amide bonds. The van der Waals surface area contributed by atoms with Crippen molar-refractivity contribution in [3.63, 3.8) is 0 Å². The summed E-state index contributed by atoms with van der Waals surface area (Å²) in [5.74, 6) is -1.16. The Kier molecular flexibility index (Phi) is 6.15. The highest BCUT2D eigenvalue weighted by Gasteiger charge is 2.26. The van der Waals surface area contributed by atoms with E-state index in [2.05, 4.69) is 10.6 Å². The molecule has 0 saturated carbocycles. The molecule has 0 spiro atoms. The van der Waals surface area contributed by atoms with Crippen LogP contribution < -0.4 is 10.6 Å². The molecular weight excluding hydrogens is 352 g/mol. The monoisotopic (exact) mass is 374 g/mol. The van der Waals surface area contributed by atoms with Crippen molar-refractivity contribution in [2.24, 2.45) is 0 Å². The molecule has 0 unspecified atom stereocenters. The molecule has 1 heterocycles. The number of methoxy groups -OCH3 is 1. The Bertz CT molecular complexity index is 871. The average molecular weight is 374 g/mol. The third-order valence-corrected chi connectivity index (χ3v) is 5.15. The largest absolute Gasteiger partial charge is 0.465 e. The maximum Gasteiger partial charge on any atom is 0.341 e. The third kappa shape index (κ3) is 4.11. The number of carbonyl (C=O) groups excluding carboxylic acids is 3. The molecule has 0 bridgehead atoms. The number of ether oxygens (including phenoxy) is 1. The summed E-state index contributed by atoms with van der Waals surface area (Å²) in [6.07, 6.45) is 0.266. The lowest BCUT2D eigenvalue weighted by Gasteiger charge is -2.08. The number of carbonyl (C=O) groups is 3. The average Bonchev–Trinajstić information content (AvgIpc) is 2.92. The molecule has 6 nitrogen and oxygen atoms in total. The van der Waals surface area contributed by atoms with Gasteiger partial charge in [0, 0.05) is 12.1 Å². The smallest absolute Gasteiger partial charge is 0.341 e. The van der Waals surface area contributed by atoms with Gasteiger partial charge in [0.2, 0.25) is 5.91 Å². The van der Waals surface area contributed by atoms with Crippen LogP contribution in [0.4, 0.5) is 10.7 Å². The highest BCUT2D eigenvalue weighted by molar-refractivity contribution is 7.18. The first-order valence-corrected chi connectivity index (χ1v) is 9.00. The van der Waals surface area contributed by atoms with E-state index < -0.39 is 5.97 Å². The number of hydrogen-bond donors (Lipinski definition) is 2. The van der Waals surface area contributed by atoms with E-state index in [4.69, 9.17) is 4.74 Å². The summed E-state index contributed by atoms with van der Waals surface area (Å²) in [6.45, 7) is 7.27. The van der Waals surface area contributed by atoms with E-state index in [0.29, 0.717) is 21.1 Å². The fraction of sp³-hybridized carbons (Fsp3) is 0.316. The fourth-order valence-electron chi connectivity index (χ4n) is 2.51. The van der Waals surface area contributed by atoms with Crippen molar-refractivity contribution in [2.45, 2.75) is 34.1 Å². The molecule has 26 heavy (non-hydrogen) atoms. The van der Waals surface area contributed by atoms with Crippen molar-refractivity contribution in [2.75, 3.05) is 17.7 Å². The molecule has 1 aromatic carbocycles. The van der Waals surface area contributed by atoms with Gasteiger partial charge in [-0.2, -0.15) is 0 Å². The summed E-state index contributed by atoms with van der Waals surface area (Å²) in [6, 6.07) is 5.73. The summed E-state index contributed by atoms with van der Waals surface area (Å²) < 4.78 is 4.80. The van der Waals surface area contributed by atoms with Crippen LogP contribution in [0.3, 0.4) is 0 Å². The van der Waals surface area contributed by atoms with Crippen molar-refractivity contribution >= 4 is 39.8 Å². The van der Waals surface area contributed by atoms with Crippen molar-refractivity contribution in [1.29, 1.82) is 0 Å². The van der Waals surface area contributed by atoms with Gasteiger partial charge in [0.15, 0.2) is 0 Å². The first kappa shape index (κ1) is 19.7. The number of rotatable bonds is 5. The van der Waals surface area contributed by atoms with Crippen LogP contribution >= 0.6 is 11.3 Å². The SMILES string of the molecule is CCC(=O)Nc1sc(C(=O)Nc2ccc(C)cc2C)c(C)c1C(=O)OC. The Labute approximate surface area is 156 Å². The predicted molar refractivity (Wildman–Crippen MR) is 103 cm³/mol. The van der Waals surface area contributed by atoms with E-state index >= 15 is 0 Å². The molecule has 2 aromatic rings. The van der Waals surface area contributed by atoms with Crippen LogP contribution in [0.25, 0.3) is 0 Å². The summed E-state index contributed by atoms with van der Waals surface area (Å²) in [5.41, 5.74) is 3.44. The molecule has 0 fully saturated rings. The highest BCUT2D eigenvalue weighted by atomic mass is 32.1. The molecule has 0 aliphatic rings. The zero-order valence-corrected chi connectivity index (χ0v) is 16.3. The van der Waals surface area contributed by atoms with Gasteiger partial charge in [0.1, 0.15) is 5.00 Å². The van der Waals surface area contributed by atoms with E-state index in [0.717, 1.165) is 22.5 Å². The lowest BCUT2D eigenvalue weighted by atomic mass is 10.1. The number of esters is 1. The standard InChI is InChI=1S/C19H22N2O4S/c1-6-14(22)21-18-15(19(24)25-5)12(4)16(26-18)17(23)20-13-8-7-10(2)9-11(13)3/h7-9H,6H2,1-5H3,(H,20,23)(H,21,22). The highest BCUT2D eigenvalue weighted by Crippen LogP contribution is 2.34. The first-order valence-electron chi connectivity index (χ1n) is 8.18. The molecule has 7 heteroatoms. The number of hydrogen-bond acceptors (Lipinski definition) is 5. The van der Waals surface area contributed by atoms with Crippen molar-refractivity contribution in [3.8, 4) is 0 Å². The van der Waals surface area contributed by atoms with Gasteiger partial charge in [0.25, 0.3) is 5.91 Å². The Morgan fingerprint density at radius 2 is 1.81 bits per heavy atom. The van der Waals surface area contributed by atoms with Crippen LogP contribution in [0, 0.1) is 20.8 Å². The van der Waals surface area contributed by atoms with Crippen LogP contribution in [0.15, 0.2) is 18.2 Å². The fourth-order valence-corrected chi connectivity index (χ4v) is 3.62. The van der Waals surface area contributed by atoms with Gasteiger partial charge in [-0.25, -0.2) is 4.79 Å². The second kappa shape index (κ2) is 8.14. The van der Waals surface area contributed by atoms with Gasteiger partial charge in [0.05, 0.1) is 17.6 Å². The molecule has 0 atom stereocenters. The number of nitrogens with one attached hydrogen (secondary N) is 2. The van der Waals surface area contributed by atoms with Gasteiger partial charge >= 0.3 is 5.97 Å². The first-order chi connectivity index (χ1) is 12.3. The molecule has 0 aliphatic heterocycles. The van der Waals surface area contributed by atoms with Crippen molar-refractivity contribution < 1.29 is 19.1 Å². The topological polar surface area (TPSA) is 84.5 Å². The van der Waals surface area contributed by atoms with E-state index in [-0.39, 0.29) is 23.8 Å². The number of benzene rings is 1. The van der Waals surface area contributed by atoms with Gasteiger partial charge in [-0.05, 0) is 38.0 Å². The number of amides is 2. The van der Waals surface area contributed by atoms with Gasteiger partial charge in [-0.3, -0.25) is 9.59 Å². The minimum absolute atomic E-state index is 0.213. The van der Waals surface area contributed by atoms with E-state index in [1.165, 1.54) is 7.11 Å². The Hall–Kier alpha value is -2.67. The van der Waals surface area contributed by atoms with E-state index in [9.17, 15) is 14.4 Å². The van der Waals surface area contributed by atoms with E-state index in [1.807, 2.05) is 32.0 Å². The maximum absolute atomic E-state index is 12.7. The minimum atomic E-state index is -0.587. The zero-order valence-electron chi connectivity index (χ0n) is 15.5. The summed E-state index contributed by atoms with van der Waals surface area (Å²) >= 11 is 1.07. The van der Waals surface area contributed by atoms with E-state index in [1.54, 1.807) is 13.8 Å². The normalized spacial score (nSPS) is 10.3. The summed E-state index contributed by atoms with van der Waals surface area (Å²) in [7, 11) is 1.26. The van der Waals surface area contributed by atoms with Gasteiger partial charge in [-0.1, -0.05) is 24.6 Å². The quantitative estimate of drug-likeness (QED) is 0.773. The van der Waals surface area contributed by atoms with Crippen LogP contribution in [-0.2, 0) is 9.53 Å². The second-order valence-electron chi connectivity index (χ2n) is 5.93. The van der Waals surface area contributed by atoms with Gasteiger partial charge in [-0.15, -0.1) is 11.3 Å². The van der Waals surface area contributed by atoms with Crippen LogP contribution in [0.5, 0.6) is 0 Å². The van der Waals surface area contributed by atoms with Crippen LogP contribution in [0.2, 0.25) is 0 Å². The molecule has 1 aromatic heterocycles. The van der Waals surface area contributed by atoms with Crippen molar-refractivity contribution in [1.82, 2.24) is 0 Å². The minimum Gasteiger partial charge on any atom is -0.465 e. The zero-order chi connectivity index (χ0) is 19.4. The number of thiophene rings is 1. The Balaban J connectivity index is 2.40. The molecule has 138 valence electrons. The Morgan fingerprint density at radius 3 is 2.38 bits per heavy atom. The number of anilines is 2.